The van der Waals surface area contributed by atoms with E-state index >= 15 is 0 Å². The van der Waals surface area contributed by atoms with Gasteiger partial charge in [0.05, 0.1) is 0 Å². The van der Waals surface area contributed by atoms with E-state index in [9.17, 15) is 14.4 Å². The fourth-order valence-electron chi connectivity index (χ4n) is 1.99. The van der Waals surface area contributed by atoms with E-state index in [4.69, 9.17) is 0 Å². The Morgan fingerprint density at radius 3 is 2.25 bits per heavy atom. The van der Waals surface area contributed by atoms with Crippen molar-refractivity contribution >= 4 is 18.1 Å². The molecule has 0 radical (unpaired) electrons. The van der Waals surface area contributed by atoms with E-state index in [1.54, 1.807) is 0 Å². The zero-order valence-electron chi connectivity index (χ0n) is 8.50. The zero-order chi connectivity index (χ0) is 11.6. The van der Waals surface area contributed by atoms with Crippen molar-refractivity contribution in [3.05, 3.63) is 41.5 Å². The number of hydrogen-bond donors (Lipinski definition) is 0. The van der Waals surface area contributed by atoms with E-state index < -0.39 is 20.3 Å². The van der Waals surface area contributed by atoms with Crippen LogP contribution in [0.3, 0.4) is 0 Å². The van der Waals surface area contributed by atoms with Crippen molar-refractivity contribution in [1.82, 2.24) is 0 Å². The number of carbonyl (C=O) groups is 3. The van der Waals surface area contributed by atoms with Gasteiger partial charge in [-0.1, -0.05) is 0 Å². The van der Waals surface area contributed by atoms with Gasteiger partial charge in [0.15, 0.2) is 0 Å². The van der Waals surface area contributed by atoms with Gasteiger partial charge in [-0.2, -0.15) is 0 Å². The van der Waals surface area contributed by atoms with Crippen LogP contribution in [-0.2, 0) is 34.7 Å². The standard InChI is InChI=1S/C9H7.3CHO.Zr/c1-2-5-9-7-3-6-8(9)4-1;3*1-2;/h1-7H;3*1H;. The molecular weight excluding hydrogens is 283 g/mol. The molecule has 0 heterocycles. The first kappa shape index (κ1) is 11.3. The quantitative estimate of drug-likeness (QED) is 0.790. The second kappa shape index (κ2) is 4.38. The number of benzene rings is 1. The Bertz CT molecular complexity index is 457. The number of rotatable bonds is 4. The summed E-state index contributed by atoms with van der Waals surface area (Å²) in [6.07, 6.45) is 3.69. The molecule has 0 N–H and O–H groups in total. The first-order valence-corrected chi connectivity index (χ1v) is 10.6. The van der Waals surface area contributed by atoms with Crippen molar-refractivity contribution in [3.63, 3.8) is 0 Å². The van der Waals surface area contributed by atoms with Crippen LogP contribution in [0.5, 0.6) is 0 Å². The summed E-state index contributed by atoms with van der Waals surface area (Å²) >= 11 is -3.97. The second-order valence-corrected chi connectivity index (χ2v) is 12.0. The Kier molecular flexibility index (Phi) is 3.11. The number of hydrogen-bond acceptors (Lipinski definition) is 3. The van der Waals surface area contributed by atoms with Gasteiger partial charge in [-0.05, 0) is 0 Å². The molecule has 16 heavy (non-hydrogen) atoms. The topological polar surface area (TPSA) is 51.2 Å². The van der Waals surface area contributed by atoms with Crippen LogP contribution < -0.4 is 0 Å². The first-order valence-electron chi connectivity index (χ1n) is 4.93. The van der Waals surface area contributed by atoms with Crippen LogP contribution in [0.15, 0.2) is 30.3 Å². The molecule has 4 heteroatoms. The Morgan fingerprint density at radius 1 is 1.00 bits per heavy atom. The van der Waals surface area contributed by atoms with E-state index in [0.29, 0.717) is 12.0 Å². The van der Waals surface area contributed by atoms with Crippen molar-refractivity contribution in [3.8, 4) is 0 Å². The predicted molar refractivity (Wildman–Crippen MR) is 58.5 cm³/mol. The maximum absolute atomic E-state index is 11.1. The molecule has 3 nitrogen and oxygen atoms in total. The molecule has 80 valence electrons. The molecule has 0 fully saturated rings. The van der Waals surface area contributed by atoms with Gasteiger partial charge in [-0.15, -0.1) is 0 Å². The van der Waals surface area contributed by atoms with Gasteiger partial charge in [-0.3, -0.25) is 0 Å². The van der Waals surface area contributed by atoms with Crippen molar-refractivity contribution in [2.24, 2.45) is 0 Å². The van der Waals surface area contributed by atoms with E-state index in [1.807, 2.05) is 36.4 Å². The van der Waals surface area contributed by atoms with E-state index in [0.717, 1.165) is 11.1 Å². The van der Waals surface area contributed by atoms with Crippen LogP contribution in [-0.4, -0.2) is 12.0 Å². The second-order valence-electron chi connectivity index (χ2n) is 3.82. The van der Waals surface area contributed by atoms with Crippen LogP contribution in [0.25, 0.3) is 6.08 Å². The summed E-state index contributed by atoms with van der Waals surface area (Å²) in [6, 6.07) is 7.55. The number of fused-ring (bicyclic) bond motifs is 1. The maximum atomic E-state index is 11.1. The third-order valence-electron chi connectivity index (χ3n) is 2.95. The van der Waals surface area contributed by atoms with Gasteiger partial charge in [0, 0.05) is 0 Å². The predicted octanol–water partition coefficient (Wildman–Crippen LogP) is 1.48. The Hall–Kier alpha value is -1.15. The van der Waals surface area contributed by atoms with E-state index in [-0.39, 0.29) is 3.63 Å². The van der Waals surface area contributed by atoms with Gasteiger partial charge in [-0.25, -0.2) is 0 Å². The molecule has 0 aromatic heterocycles. The molecule has 0 bridgehead atoms. The molecule has 1 aromatic carbocycles. The van der Waals surface area contributed by atoms with Gasteiger partial charge >= 0.3 is 97.8 Å². The summed E-state index contributed by atoms with van der Waals surface area (Å²) in [5, 5.41) is 0. The first-order chi connectivity index (χ1) is 7.77. The van der Waals surface area contributed by atoms with Gasteiger partial charge in [0.25, 0.3) is 0 Å². The fraction of sp³-hybridized carbons (Fsp3) is 0.0833. The average molecular weight is 293 g/mol. The van der Waals surface area contributed by atoms with E-state index in [2.05, 4.69) is 0 Å². The summed E-state index contributed by atoms with van der Waals surface area (Å²) in [4.78, 5) is 33.2. The third-order valence-corrected chi connectivity index (χ3v) is 9.85. The molecular formula is C12H10O3Zr. The molecule has 1 aliphatic carbocycles. The fourth-order valence-corrected chi connectivity index (χ4v) is 6.51. The Labute approximate surface area is 97.6 Å². The van der Waals surface area contributed by atoms with Crippen LogP contribution in [0.2, 0.25) is 0 Å². The molecule has 0 saturated carbocycles. The molecule has 1 atom stereocenters. The van der Waals surface area contributed by atoms with Crippen molar-refractivity contribution < 1.29 is 34.7 Å². The zero-order valence-corrected chi connectivity index (χ0v) is 11.0. The van der Waals surface area contributed by atoms with Gasteiger partial charge in [0.1, 0.15) is 0 Å². The van der Waals surface area contributed by atoms with Crippen molar-refractivity contribution in [2.75, 3.05) is 0 Å². The number of carbonyl (C=O) groups excluding carboxylic acids is 3. The molecule has 0 aliphatic heterocycles. The summed E-state index contributed by atoms with van der Waals surface area (Å²) in [6.45, 7) is 0. The average Bonchev–Trinajstić information content (AvgIpc) is 2.77. The van der Waals surface area contributed by atoms with Crippen molar-refractivity contribution in [1.29, 1.82) is 0 Å². The summed E-state index contributed by atoms with van der Waals surface area (Å²) in [5.41, 5.74) is 1.93. The SMILES string of the molecule is O=[CH][Zr]([CH]=O)([CH]=O)[CH]1C=Cc2ccccc21. The molecule has 1 unspecified atom stereocenters. The van der Waals surface area contributed by atoms with E-state index in [1.165, 1.54) is 0 Å². The van der Waals surface area contributed by atoms with Crippen LogP contribution in [0, 0.1) is 0 Å². The van der Waals surface area contributed by atoms with Crippen LogP contribution in [0.1, 0.15) is 14.8 Å². The normalized spacial score (nSPS) is 17.9. The number of allylic oxidation sites excluding steroid dienone is 1. The monoisotopic (exact) mass is 292 g/mol. The van der Waals surface area contributed by atoms with Crippen LogP contribution >= 0.6 is 0 Å². The minimum absolute atomic E-state index is 0.266. The molecule has 0 amide bonds. The summed E-state index contributed by atoms with van der Waals surface area (Å²) in [7, 11) is 0. The van der Waals surface area contributed by atoms with Gasteiger partial charge < -0.3 is 0 Å². The molecule has 1 aliphatic rings. The van der Waals surface area contributed by atoms with Gasteiger partial charge in [0.2, 0.25) is 0 Å². The Balaban J connectivity index is 2.52. The third kappa shape index (κ3) is 1.58. The minimum atomic E-state index is -3.97. The molecule has 1 aromatic rings. The molecule has 0 spiro atoms. The Morgan fingerprint density at radius 2 is 1.62 bits per heavy atom. The molecule has 2 rings (SSSR count). The van der Waals surface area contributed by atoms with Crippen molar-refractivity contribution in [2.45, 2.75) is 3.63 Å². The van der Waals surface area contributed by atoms with Crippen LogP contribution in [0.4, 0.5) is 0 Å². The summed E-state index contributed by atoms with van der Waals surface area (Å²) in [5.74, 6) is 0. The summed E-state index contributed by atoms with van der Waals surface area (Å²) < 4.78 is 1.63. The molecule has 0 saturated heterocycles.